The average molecular weight is 292 g/mol. The highest BCUT2D eigenvalue weighted by Crippen LogP contribution is 2.12. The molecule has 0 spiro atoms. The smallest absolute Gasteiger partial charge is 0.164 e. The van der Waals surface area contributed by atoms with Gasteiger partial charge in [-0.1, -0.05) is 12.1 Å². The Bertz CT molecular complexity index is 494. The van der Waals surface area contributed by atoms with E-state index in [4.69, 9.17) is 0 Å². The molecule has 21 heavy (non-hydrogen) atoms. The molecule has 1 aromatic rings. The van der Waals surface area contributed by atoms with E-state index in [1.54, 1.807) is 19.1 Å². The lowest BCUT2D eigenvalue weighted by atomic mass is 10.1. The molecule has 116 valence electrons. The van der Waals surface area contributed by atoms with Crippen LogP contribution in [0.5, 0.6) is 0 Å². The van der Waals surface area contributed by atoms with Gasteiger partial charge in [-0.25, -0.2) is 4.39 Å². The van der Waals surface area contributed by atoms with Crippen molar-refractivity contribution in [2.24, 2.45) is 0 Å². The first-order valence-electron chi connectivity index (χ1n) is 7.73. The monoisotopic (exact) mass is 292 g/mol. The Morgan fingerprint density at radius 3 is 2.48 bits per heavy atom. The van der Waals surface area contributed by atoms with Gasteiger partial charge < -0.3 is 4.90 Å². The number of Topliss-reactive ketones (excluding diaryl/α,β-unsaturated/α-hetero) is 1. The maximum absolute atomic E-state index is 13.5. The van der Waals surface area contributed by atoms with Crippen molar-refractivity contribution < 1.29 is 9.18 Å². The number of nitrogens with zero attached hydrogens (tertiary/aromatic N) is 2. The summed E-state index contributed by atoms with van der Waals surface area (Å²) in [5.41, 5.74) is 1.07. The third-order valence-electron chi connectivity index (χ3n) is 4.29. The Hall–Kier alpha value is -1.26. The Kier molecular flexibility index (Phi) is 5.48. The van der Waals surface area contributed by atoms with Gasteiger partial charge in [0.15, 0.2) is 5.78 Å². The Morgan fingerprint density at radius 1 is 1.24 bits per heavy atom. The molecule has 1 saturated heterocycles. The van der Waals surface area contributed by atoms with Crippen LogP contribution in [0, 0.1) is 12.7 Å². The van der Waals surface area contributed by atoms with E-state index in [0.29, 0.717) is 23.6 Å². The van der Waals surface area contributed by atoms with E-state index in [9.17, 15) is 9.18 Å². The van der Waals surface area contributed by atoms with Gasteiger partial charge in [-0.3, -0.25) is 9.69 Å². The van der Waals surface area contributed by atoms with Gasteiger partial charge in [-0.2, -0.15) is 0 Å². The normalized spacial score (nSPS) is 17.4. The number of carbonyl (C=O) groups excluding carboxylic acids is 1. The molecule has 0 atom stereocenters. The molecule has 4 heteroatoms. The molecule has 0 aromatic heterocycles. The lowest BCUT2D eigenvalue weighted by molar-refractivity contribution is 0.0890. The summed E-state index contributed by atoms with van der Waals surface area (Å²) >= 11 is 0. The number of ketones is 1. The molecular formula is C17H25FN2O. The van der Waals surface area contributed by atoms with E-state index >= 15 is 0 Å². The number of piperazine rings is 1. The van der Waals surface area contributed by atoms with Crippen molar-refractivity contribution in [2.45, 2.75) is 33.2 Å². The van der Waals surface area contributed by atoms with Gasteiger partial charge >= 0.3 is 0 Å². The van der Waals surface area contributed by atoms with Crippen LogP contribution in [0.3, 0.4) is 0 Å². The quantitative estimate of drug-likeness (QED) is 0.780. The zero-order chi connectivity index (χ0) is 15.4. The van der Waals surface area contributed by atoms with E-state index in [1.807, 2.05) is 0 Å². The van der Waals surface area contributed by atoms with Crippen LogP contribution < -0.4 is 0 Å². The maximum atomic E-state index is 13.5. The number of hydrogen-bond donors (Lipinski definition) is 0. The van der Waals surface area contributed by atoms with Crippen LogP contribution in [0.15, 0.2) is 18.2 Å². The van der Waals surface area contributed by atoms with Crippen LogP contribution in [0.4, 0.5) is 4.39 Å². The zero-order valence-electron chi connectivity index (χ0n) is 13.2. The minimum Gasteiger partial charge on any atom is -0.300 e. The van der Waals surface area contributed by atoms with Crippen LogP contribution in [0.2, 0.25) is 0 Å². The van der Waals surface area contributed by atoms with Gasteiger partial charge in [0.05, 0.1) is 0 Å². The highest BCUT2D eigenvalue weighted by molar-refractivity contribution is 5.96. The van der Waals surface area contributed by atoms with Crippen LogP contribution in [0.1, 0.15) is 36.2 Å². The zero-order valence-corrected chi connectivity index (χ0v) is 13.2. The summed E-state index contributed by atoms with van der Waals surface area (Å²) < 4.78 is 13.5. The molecule has 2 rings (SSSR count). The lowest BCUT2D eigenvalue weighted by Crippen LogP contribution is -2.49. The molecule has 1 aliphatic rings. The predicted molar refractivity (Wildman–Crippen MR) is 83.2 cm³/mol. The highest BCUT2D eigenvalue weighted by atomic mass is 19.1. The summed E-state index contributed by atoms with van der Waals surface area (Å²) in [7, 11) is 0. The van der Waals surface area contributed by atoms with E-state index in [2.05, 4.69) is 23.6 Å². The van der Waals surface area contributed by atoms with E-state index in [1.165, 1.54) is 6.07 Å². The van der Waals surface area contributed by atoms with E-state index in [0.717, 1.165) is 32.7 Å². The minimum absolute atomic E-state index is 0.0280. The molecule has 0 bridgehead atoms. The largest absolute Gasteiger partial charge is 0.300 e. The van der Waals surface area contributed by atoms with Crippen molar-refractivity contribution in [3.8, 4) is 0 Å². The molecule has 0 N–H and O–H groups in total. The maximum Gasteiger partial charge on any atom is 0.164 e. The second-order valence-corrected chi connectivity index (χ2v) is 6.11. The fraction of sp³-hybridized carbons (Fsp3) is 0.588. The Labute approximate surface area is 126 Å². The van der Waals surface area contributed by atoms with Crippen LogP contribution in [-0.2, 0) is 0 Å². The van der Waals surface area contributed by atoms with Gasteiger partial charge in [0.2, 0.25) is 0 Å². The van der Waals surface area contributed by atoms with Gasteiger partial charge in [0.25, 0.3) is 0 Å². The number of carbonyl (C=O) groups is 1. The van der Waals surface area contributed by atoms with Gasteiger partial charge in [-0.15, -0.1) is 0 Å². The number of halogens is 1. The first-order chi connectivity index (χ1) is 9.97. The number of aryl methyl sites for hydroxylation is 1. The Morgan fingerprint density at radius 2 is 1.90 bits per heavy atom. The SMILES string of the molecule is Cc1ccc(C(=O)CCN2CCN(C(C)C)CC2)cc1F. The molecule has 0 unspecified atom stereocenters. The summed E-state index contributed by atoms with van der Waals surface area (Å²) in [6, 6.07) is 5.33. The van der Waals surface area contributed by atoms with Crippen molar-refractivity contribution in [1.29, 1.82) is 0 Å². The predicted octanol–water partition coefficient (Wildman–Crippen LogP) is 2.73. The first-order valence-corrected chi connectivity index (χ1v) is 7.73. The average Bonchev–Trinajstić information content (AvgIpc) is 2.48. The second-order valence-electron chi connectivity index (χ2n) is 6.11. The molecule has 0 aliphatic carbocycles. The van der Waals surface area contributed by atoms with Gasteiger partial charge in [0, 0.05) is 50.7 Å². The van der Waals surface area contributed by atoms with E-state index < -0.39 is 0 Å². The highest BCUT2D eigenvalue weighted by Gasteiger charge is 2.19. The summed E-state index contributed by atoms with van der Waals surface area (Å²) in [5.74, 6) is -0.272. The third-order valence-corrected chi connectivity index (χ3v) is 4.29. The number of hydrogen-bond acceptors (Lipinski definition) is 3. The van der Waals surface area contributed by atoms with Gasteiger partial charge in [-0.05, 0) is 32.4 Å². The minimum atomic E-state index is -0.300. The number of benzene rings is 1. The number of rotatable bonds is 5. The van der Waals surface area contributed by atoms with Gasteiger partial charge in [0.1, 0.15) is 5.82 Å². The molecule has 1 aromatic carbocycles. The van der Waals surface area contributed by atoms with Crippen LogP contribution in [-0.4, -0.2) is 54.3 Å². The summed E-state index contributed by atoms with van der Waals surface area (Å²) in [6.45, 7) is 11.0. The standard InChI is InChI=1S/C17H25FN2O/c1-13(2)20-10-8-19(9-11-20)7-6-17(21)15-5-4-14(3)16(18)12-15/h4-5,12-13H,6-11H2,1-3H3. The fourth-order valence-electron chi connectivity index (χ4n) is 2.67. The van der Waals surface area contributed by atoms with Crippen molar-refractivity contribution in [1.82, 2.24) is 9.80 Å². The lowest BCUT2D eigenvalue weighted by Gasteiger charge is -2.36. The topological polar surface area (TPSA) is 23.6 Å². The second kappa shape index (κ2) is 7.14. The molecule has 0 amide bonds. The molecular weight excluding hydrogens is 267 g/mol. The van der Waals surface area contributed by atoms with Crippen molar-refractivity contribution in [2.75, 3.05) is 32.7 Å². The Balaban J connectivity index is 1.81. The molecule has 0 radical (unpaired) electrons. The molecule has 0 saturated carbocycles. The summed E-state index contributed by atoms with van der Waals surface area (Å²) in [4.78, 5) is 16.9. The molecule has 1 aliphatic heterocycles. The molecule has 1 heterocycles. The first kappa shape index (κ1) is 16.1. The van der Waals surface area contributed by atoms with Crippen LogP contribution >= 0.6 is 0 Å². The third kappa shape index (κ3) is 4.35. The molecule has 3 nitrogen and oxygen atoms in total. The van der Waals surface area contributed by atoms with Crippen molar-refractivity contribution in [3.05, 3.63) is 35.1 Å². The summed E-state index contributed by atoms with van der Waals surface area (Å²) in [6.07, 6.45) is 0.462. The summed E-state index contributed by atoms with van der Waals surface area (Å²) in [5, 5.41) is 0. The van der Waals surface area contributed by atoms with Crippen molar-refractivity contribution in [3.63, 3.8) is 0 Å². The van der Waals surface area contributed by atoms with E-state index in [-0.39, 0.29) is 11.6 Å². The fourth-order valence-corrected chi connectivity index (χ4v) is 2.67. The molecule has 1 fully saturated rings. The van der Waals surface area contributed by atoms with Crippen molar-refractivity contribution >= 4 is 5.78 Å². The van der Waals surface area contributed by atoms with Crippen LogP contribution in [0.25, 0.3) is 0 Å².